The third kappa shape index (κ3) is 5.19. The van der Waals surface area contributed by atoms with Crippen LogP contribution in [-0.4, -0.2) is 10.9 Å². The minimum atomic E-state index is -0.668. The smallest absolute Gasteiger partial charge is 0.0528 e. The van der Waals surface area contributed by atoms with Gasteiger partial charge >= 0.3 is 0 Å². The SMILES string of the molecule is Cc1cc(C)c(CC([NH-])=O)nc1[NH-].[W].[Y]. The van der Waals surface area contributed by atoms with Gasteiger partial charge in [0.05, 0.1) is 5.91 Å². The van der Waals surface area contributed by atoms with Crippen molar-refractivity contribution in [2.24, 2.45) is 0 Å². The number of hydrogen-bond acceptors (Lipinski definition) is 2. The van der Waals surface area contributed by atoms with Crippen molar-refractivity contribution >= 4 is 11.7 Å². The molecule has 15 heavy (non-hydrogen) atoms. The van der Waals surface area contributed by atoms with E-state index in [1.165, 1.54) is 0 Å². The molecule has 1 amide bonds. The first-order valence-corrected chi connectivity index (χ1v) is 3.94. The van der Waals surface area contributed by atoms with Gasteiger partial charge in [-0.25, -0.2) is 0 Å². The van der Waals surface area contributed by atoms with Crippen LogP contribution in [0.5, 0.6) is 0 Å². The number of aromatic nitrogens is 1. The van der Waals surface area contributed by atoms with Crippen molar-refractivity contribution in [3.8, 4) is 0 Å². The van der Waals surface area contributed by atoms with Crippen LogP contribution in [0.15, 0.2) is 6.07 Å². The van der Waals surface area contributed by atoms with Crippen LogP contribution in [0.25, 0.3) is 11.5 Å². The second-order valence-corrected chi connectivity index (χ2v) is 3.02. The fourth-order valence-corrected chi connectivity index (χ4v) is 1.12. The molecule has 1 aromatic heterocycles. The van der Waals surface area contributed by atoms with Gasteiger partial charge in [0.25, 0.3) is 0 Å². The first kappa shape index (κ1) is 17.6. The Morgan fingerprint density at radius 2 is 1.93 bits per heavy atom. The van der Waals surface area contributed by atoms with E-state index >= 15 is 0 Å². The van der Waals surface area contributed by atoms with Gasteiger partial charge in [0, 0.05) is 60.2 Å². The number of hydrogen-bond donors (Lipinski definition) is 0. The third-order valence-corrected chi connectivity index (χ3v) is 1.84. The molecule has 1 rings (SSSR count). The molecule has 1 aromatic rings. The summed E-state index contributed by atoms with van der Waals surface area (Å²) in [5, 5.41) is 0. The molecule has 2 N–H and O–H groups in total. The van der Waals surface area contributed by atoms with Gasteiger partial charge in [0.1, 0.15) is 0 Å². The summed E-state index contributed by atoms with van der Waals surface area (Å²) in [6.45, 7) is 3.63. The Balaban J connectivity index is 0. The standard InChI is InChI=1S/C9H12N3O.W.Y/c1-5-3-6(2)9(11)12-7(5)4-8(10)13;;/h3H,4H2,1-2H3,(H3-,10,11,12,13);;/q-1;;/p-1. The van der Waals surface area contributed by atoms with Gasteiger partial charge in [-0.2, -0.15) is 0 Å². The molecule has 0 saturated carbocycles. The molecule has 1 radical (unpaired) electrons. The van der Waals surface area contributed by atoms with E-state index in [4.69, 9.17) is 11.5 Å². The van der Waals surface area contributed by atoms with Crippen LogP contribution in [0, 0.1) is 13.8 Å². The predicted octanol–water partition coefficient (Wildman–Crippen LogP) is 2.50. The van der Waals surface area contributed by atoms with Gasteiger partial charge < -0.3 is 21.2 Å². The minimum absolute atomic E-state index is 0. The Morgan fingerprint density at radius 1 is 1.40 bits per heavy atom. The van der Waals surface area contributed by atoms with E-state index in [-0.39, 0.29) is 66.0 Å². The molecule has 0 saturated heterocycles. The Kier molecular flexibility index (Phi) is 8.78. The van der Waals surface area contributed by atoms with Crippen molar-refractivity contribution in [1.82, 2.24) is 4.98 Å². The van der Waals surface area contributed by atoms with E-state index in [9.17, 15) is 4.79 Å². The first-order valence-electron chi connectivity index (χ1n) is 3.94. The van der Waals surface area contributed by atoms with Gasteiger partial charge in [0.15, 0.2) is 0 Å². The van der Waals surface area contributed by atoms with Crippen LogP contribution in [0.1, 0.15) is 16.8 Å². The number of nitrogens with zero attached hydrogens (tertiary/aromatic N) is 1. The van der Waals surface area contributed by atoms with Crippen LogP contribution >= 0.6 is 0 Å². The van der Waals surface area contributed by atoms with Crippen LogP contribution in [-0.2, 0) is 65.0 Å². The first-order chi connectivity index (χ1) is 6.00. The van der Waals surface area contributed by atoms with E-state index in [0.717, 1.165) is 11.1 Å². The molecule has 0 unspecified atom stereocenters. The number of aryl methyl sites for hydroxylation is 2. The second kappa shape index (κ2) is 7.48. The topological polar surface area (TPSA) is 77.6 Å². The molecule has 4 nitrogen and oxygen atoms in total. The summed E-state index contributed by atoms with van der Waals surface area (Å²) >= 11 is 0. The number of carbonyl (C=O) groups is 1. The van der Waals surface area contributed by atoms with Crippen molar-refractivity contribution in [1.29, 1.82) is 0 Å². The average molecular weight is 450 g/mol. The zero-order valence-electron chi connectivity index (χ0n) is 8.63. The number of rotatable bonds is 2. The summed E-state index contributed by atoms with van der Waals surface area (Å²) in [5.41, 5.74) is 16.4. The summed E-state index contributed by atoms with van der Waals surface area (Å²) in [6.07, 6.45) is -0.00199. The summed E-state index contributed by atoms with van der Waals surface area (Å²) in [5.74, 6) is -0.485. The summed E-state index contributed by atoms with van der Waals surface area (Å²) in [4.78, 5) is 14.5. The van der Waals surface area contributed by atoms with Crippen molar-refractivity contribution in [3.63, 3.8) is 0 Å². The fraction of sp³-hybridized carbons (Fsp3) is 0.333. The summed E-state index contributed by atoms with van der Waals surface area (Å²) in [7, 11) is 0. The van der Waals surface area contributed by atoms with Crippen molar-refractivity contribution in [2.75, 3.05) is 0 Å². The number of nitrogens with one attached hydrogen (secondary N) is 2. The Bertz CT molecular complexity index is 357. The molecular formula is C9H11N3OWY-2. The Labute approximate surface area is 129 Å². The molecule has 0 aliphatic carbocycles. The molecular weight excluding hydrogens is 439 g/mol. The van der Waals surface area contributed by atoms with Crippen LogP contribution in [0.3, 0.4) is 0 Å². The van der Waals surface area contributed by atoms with E-state index < -0.39 is 5.91 Å². The molecule has 0 spiro atoms. The maximum absolute atomic E-state index is 10.5. The fourth-order valence-electron chi connectivity index (χ4n) is 1.12. The van der Waals surface area contributed by atoms with E-state index in [2.05, 4.69) is 4.98 Å². The molecule has 0 aromatic carbocycles. The molecule has 0 fully saturated rings. The third-order valence-electron chi connectivity index (χ3n) is 1.84. The van der Waals surface area contributed by atoms with Crippen molar-refractivity contribution in [2.45, 2.75) is 20.3 Å². The van der Waals surface area contributed by atoms with E-state index in [1.54, 1.807) is 6.92 Å². The molecule has 1 heterocycles. The van der Waals surface area contributed by atoms with Gasteiger partial charge in [-0.15, -0.1) is 0 Å². The van der Waals surface area contributed by atoms with Crippen LogP contribution in [0.2, 0.25) is 0 Å². The van der Waals surface area contributed by atoms with Crippen LogP contribution < -0.4 is 0 Å². The predicted molar refractivity (Wildman–Crippen MR) is 50.7 cm³/mol. The zero-order chi connectivity index (χ0) is 10.0. The molecule has 79 valence electrons. The van der Waals surface area contributed by atoms with Gasteiger partial charge in [-0.3, -0.25) is 0 Å². The number of amides is 1. The van der Waals surface area contributed by atoms with E-state index in [1.807, 2.05) is 13.0 Å². The van der Waals surface area contributed by atoms with Gasteiger partial charge in [-0.05, 0) is 13.8 Å². The number of carbonyl (C=O) groups excluding carboxylic acids is 1. The molecule has 0 bridgehead atoms. The summed E-state index contributed by atoms with van der Waals surface area (Å²) < 4.78 is 0. The van der Waals surface area contributed by atoms with Crippen LogP contribution in [0.4, 0.5) is 5.82 Å². The van der Waals surface area contributed by atoms with E-state index in [0.29, 0.717) is 5.69 Å². The van der Waals surface area contributed by atoms with Crippen molar-refractivity contribution < 1.29 is 58.6 Å². The zero-order valence-corrected chi connectivity index (χ0v) is 14.4. The Morgan fingerprint density at radius 3 is 2.40 bits per heavy atom. The number of pyridine rings is 1. The normalized spacial score (nSPS) is 8.67. The van der Waals surface area contributed by atoms with Gasteiger partial charge in [-0.1, -0.05) is 28.7 Å². The quantitative estimate of drug-likeness (QED) is 0.695. The molecule has 6 heteroatoms. The largest absolute Gasteiger partial charge is 0.667 e. The Hall–Kier alpha value is 0.212. The average Bonchev–Trinajstić information content (AvgIpc) is 1.99. The molecule has 0 aliphatic heterocycles. The molecule has 0 aliphatic rings. The minimum Gasteiger partial charge on any atom is -0.667 e. The molecule has 0 atom stereocenters. The van der Waals surface area contributed by atoms with Crippen molar-refractivity contribution in [3.05, 3.63) is 34.4 Å². The maximum atomic E-state index is 10.5. The monoisotopic (exact) mass is 450 g/mol. The second-order valence-electron chi connectivity index (χ2n) is 3.02. The summed E-state index contributed by atoms with van der Waals surface area (Å²) in [6, 6.07) is 1.81. The maximum Gasteiger partial charge on any atom is 0.0528 e. The van der Waals surface area contributed by atoms with Gasteiger partial charge in [0.2, 0.25) is 0 Å².